The Morgan fingerprint density at radius 1 is 0.893 bits per heavy atom. The third-order valence-corrected chi connectivity index (χ3v) is 11.8. The van der Waals surface area contributed by atoms with E-state index in [9.17, 15) is 14.4 Å². The number of hydrogen-bond donors (Lipinski definition) is 2. The summed E-state index contributed by atoms with van der Waals surface area (Å²) in [6, 6.07) is 18.7. The summed E-state index contributed by atoms with van der Waals surface area (Å²) < 4.78 is 7.21. The number of aryl methyl sites for hydroxylation is 3. The molecule has 0 aliphatic carbocycles. The van der Waals surface area contributed by atoms with E-state index in [0.29, 0.717) is 34.3 Å². The summed E-state index contributed by atoms with van der Waals surface area (Å²) in [6.07, 6.45) is 5.54. The molecular formula is C45H45N6O5+. The zero-order valence-corrected chi connectivity index (χ0v) is 33.0. The van der Waals surface area contributed by atoms with Crippen molar-refractivity contribution in [2.75, 3.05) is 14.2 Å². The van der Waals surface area contributed by atoms with Crippen molar-refractivity contribution in [2.45, 2.75) is 65.7 Å². The van der Waals surface area contributed by atoms with Gasteiger partial charge in [-0.3, -0.25) is 24.2 Å². The maximum atomic E-state index is 14.3. The fourth-order valence-electron chi connectivity index (χ4n) is 8.53. The average molecular weight is 750 g/mol. The Labute approximate surface area is 324 Å². The molecule has 0 spiro atoms. The summed E-state index contributed by atoms with van der Waals surface area (Å²) in [7, 11) is 4.75. The van der Waals surface area contributed by atoms with Gasteiger partial charge in [0.1, 0.15) is 7.05 Å². The van der Waals surface area contributed by atoms with Gasteiger partial charge in [-0.05, 0) is 92.3 Å². The van der Waals surface area contributed by atoms with Crippen LogP contribution in [0.2, 0.25) is 0 Å². The quantitative estimate of drug-likeness (QED) is 0.0970. The maximum absolute atomic E-state index is 14.3. The maximum Gasteiger partial charge on any atom is 0.305 e. The fourth-order valence-corrected chi connectivity index (χ4v) is 8.53. The lowest BCUT2D eigenvalue weighted by Crippen LogP contribution is -2.40. The first kappa shape index (κ1) is 36.8. The number of hydrogen-bond acceptors (Lipinski definition) is 7. The molecule has 3 aliphatic heterocycles. The van der Waals surface area contributed by atoms with Crippen LogP contribution >= 0.6 is 0 Å². The molecule has 0 unspecified atom stereocenters. The molecule has 2 amide bonds. The minimum absolute atomic E-state index is 0.132. The van der Waals surface area contributed by atoms with Gasteiger partial charge < -0.3 is 14.7 Å². The number of esters is 1. The lowest BCUT2D eigenvalue weighted by molar-refractivity contribution is -0.646. The van der Waals surface area contributed by atoms with E-state index in [0.717, 1.165) is 73.1 Å². The molecule has 0 radical (unpaired) electrons. The Morgan fingerprint density at radius 2 is 1.62 bits per heavy atom. The number of benzene rings is 1. The highest BCUT2D eigenvalue weighted by Crippen LogP contribution is 2.44. The number of imide groups is 1. The standard InChI is InChI=1S/C45H44N6O5/c1-9-29-23(2)33-21-37-30(17-16-28-15-14-27-12-10-11-13-38(27)50(28)6)24(3)32(47-37)20-34-25(4)31(18-19-39(52)55-7)42(48-34)41-43-40(44(53)51(56-8)45(41)54)26(5)35(49-43)22-36(29)46-33/h10-17,20-22,25,31H,9,18-19H2,1-8H3,(H,46,47,48,49,54)/p+1/t25-,31-/m0/s1. The Bertz CT molecular complexity index is 2750. The molecule has 11 heteroatoms. The van der Waals surface area contributed by atoms with E-state index in [-0.39, 0.29) is 29.8 Å². The van der Waals surface area contributed by atoms with E-state index in [1.54, 1.807) is 0 Å². The van der Waals surface area contributed by atoms with E-state index in [2.05, 4.69) is 91.8 Å². The molecule has 56 heavy (non-hydrogen) atoms. The molecular weight excluding hydrogens is 705 g/mol. The van der Waals surface area contributed by atoms with Crippen LogP contribution in [0.5, 0.6) is 0 Å². The molecule has 284 valence electrons. The van der Waals surface area contributed by atoms with Crippen LogP contribution in [0.15, 0.2) is 54.6 Å². The number of nitrogens with zero attached hydrogens (tertiary/aromatic N) is 4. The van der Waals surface area contributed by atoms with Gasteiger partial charge in [-0.15, -0.1) is 5.06 Å². The number of carbonyl (C=O) groups excluding carboxylic acids is 3. The molecule has 0 saturated heterocycles. The second-order valence-electron chi connectivity index (χ2n) is 14.8. The van der Waals surface area contributed by atoms with Gasteiger partial charge in [0.05, 0.1) is 47.9 Å². The topological polar surface area (TPSA) is 134 Å². The molecule has 0 fully saturated rings. The highest BCUT2D eigenvalue weighted by atomic mass is 16.7. The average Bonchev–Trinajstić information content (AvgIpc) is 3.87. The van der Waals surface area contributed by atoms with E-state index in [4.69, 9.17) is 19.5 Å². The number of fused-ring (bicyclic) bond motifs is 9. The van der Waals surface area contributed by atoms with Crippen molar-refractivity contribution in [3.05, 3.63) is 111 Å². The Hall–Kier alpha value is -6.20. The third-order valence-electron chi connectivity index (χ3n) is 11.8. The van der Waals surface area contributed by atoms with Crippen LogP contribution < -0.4 is 4.57 Å². The Balaban J connectivity index is 1.46. The molecule has 3 aliphatic rings. The third kappa shape index (κ3) is 5.85. The highest BCUT2D eigenvalue weighted by molar-refractivity contribution is 6.22. The fraction of sp³-hybridized carbons (Fsp3) is 0.289. The monoisotopic (exact) mass is 749 g/mol. The summed E-state index contributed by atoms with van der Waals surface area (Å²) >= 11 is 0. The number of allylic oxidation sites excluding steroid dienone is 2. The van der Waals surface area contributed by atoms with Crippen molar-refractivity contribution < 1.29 is 28.5 Å². The van der Waals surface area contributed by atoms with Crippen molar-refractivity contribution in [1.82, 2.24) is 25.0 Å². The molecule has 8 bridgehead atoms. The van der Waals surface area contributed by atoms with E-state index >= 15 is 0 Å². The molecule has 2 atom stereocenters. The zero-order valence-electron chi connectivity index (χ0n) is 33.0. The van der Waals surface area contributed by atoms with Crippen molar-refractivity contribution >= 4 is 74.1 Å². The number of pyridine rings is 1. The summed E-state index contributed by atoms with van der Waals surface area (Å²) in [4.78, 5) is 63.6. The normalized spacial score (nSPS) is 16.8. The molecule has 0 saturated carbocycles. The summed E-state index contributed by atoms with van der Waals surface area (Å²) in [5.41, 5.74) is 13.3. The van der Waals surface area contributed by atoms with Gasteiger partial charge in [0, 0.05) is 69.7 Å². The molecule has 7 heterocycles. The number of methoxy groups -OCH3 is 1. The van der Waals surface area contributed by atoms with Gasteiger partial charge in [-0.1, -0.05) is 26.0 Å². The zero-order chi connectivity index (χ0) is 39.6. The summed E-state index contributed by atoms with van der Waals surface area (Å²) in [5, 5.41) is 1.97. The number of carbonyl (C=O) groups is 3. The molecule has 4 aromatic heterocycles. The van der Waals surface area contributed by atoms with Gasteiger partial charge in [0.15, 0.2) is 0 Å². The van der Waals surface area contributed by atoms with Crippen molar-refractivity contribution in [3.63, 3.8) is 0 Å². The predicted molar refractivity (Wildman–Crippen MR) is 217 cm³/mol. The van der Waals surface area contributed by atoms with Gasteiger partial charge in [0.2, 0.25) is 11.2 Å². The molecule has 1 aromatic carbocycles. The number of ether oxygens (including phenoxy) is 1. The predicted octanol–water partition coefficient (Wildman–Crippen LogP) is 8.42. The van der Waals surface area contributed by atoms with Crippen LogP contribution in [-0.4, -0.2) is 57.0 Å². The highest BCUT2D eigenvalue weighted by Gasteiger charge is 2.41. The van der Waals surface area contributed by atoms with Crippen LogP contribution in [0.25, 0.3) is 56.3 Å². The smallest absolute Gasteiger partial charge is 0.305 e. The van der Waals surface area contributed by atoms with E-state index in [1.165, 1.54) is 19.6 Å². The number of H-pyrrole nitrogens is 2. The minimum atomic E-state index is -0.616. The molecule has 2 N–H and O–H groups in total. The number of nitrogens with one attached hydrogen (secondary N) is 2. The second kappa shape index (κ2) is 14.1. The molecule has 11 nitrogen and oxygen atoms in total. The van der Waals surface area contributed by atoms with Crippen LogP contribution in [0.4, 0.5) is 0 Å². The SMILES string of the molecule is CCC1=C(C)c2cc3[nH]c(cc4nc(c5c6[nH]c(cc1n2)c(C)c6C(=O)N(OC)C5=O)[C@@H](CCC(=O)OC)[C@@H]4C)c(C)c3/C=C/c1ccc2ccccc2[n+]1C. The molecule has 5 aromatic rings. The number of hydroxylamine groups is 2. The Morgan fingerprint density at radius 3 is 2.38 bits per heavy atom. The van der Waals surface area contributed by atoms with Crippen LogP contribution in [0, 0.1) is 13.8 Å². The minimum Gasteiger partial charge on any atom is -0.469 e. The number of para-hydroxylation sites is 1. The van der Waals surface area contributed by atoms with E-state index in [1.807, 2.05) is 31.2 Å². The van der Waals surface area contributed by atoms with Gasteiger partial charge in [-0.2, -0.15) is 4.57 Å². The van der Waals surface area contributed by atoms with Gasteiger partial charge >= 0.3 is 5.97 Å². The van der Waals surface area contributed by atoms with Crippen LogP contribution in [-0.2, 0) is 21.4 Å². The van der Waals surface area contributed by atoms with Crippen LogP contribution in [0.1, 0.15) is 118 Å². The number of aromatic amines is 2. The summed E-state index contributed by atoms with van der Waals surface area (Å²) in [6.45, 7) is 10.2. The second-order valence-corrected chi connectivity index (χ2v) is 14.8. The largest absolute Gasteiger partial charge is 0.469 e. The first-order valence-corrected chi connectivity index (χ1v) is 19.0. The van der Waals surface area contributed by atoms with Crippen LogP contribution in [0.3, 0.4) is 0 Å². The first-order chi connectivity index (χ1) is 26.9. The lowest BCUT2D eigenvalue weighted by atomic mass is 9.85. The summed E-state index contributed by atoms with van der Waals surface area (Å²) in [5.74, 6) is -2.06. The van der Waals surface area contributed by atoms with Crippen molar-refractivity contribution in [1.29, 1.82) is 0 Å². The van der Waals surface area contributed by atoms with Gasteiger partial charge in [0.25, 0.3) is 11.8 Å². The number of aromatic nitrogens is 5. The number of amides is 2. The number of rotatable bonds is 7. The van der Waals surface area contributed by atoms with Crippen molar-refractivity contribution in [2.24, 2.45) is 7.05 Å². The van der Waals surface area contributed by atoms with Crippen molar-refractivity contribution in [3.8, 4) is 0 Å². The van der Waals surface area contributed by atoms with E-state index < -0.39 is 11.8 Å². The first-order valence-electron chi connectivity index (χ1n) is 19.0. The lowest BCUT2D eigenvalue weighted by Gasteiger charge is -2.24. The van der Waals surface area contributed by atoms with Gasteiger partial charge in [-0.25, -0.2) is 4.98 Å². The molecule has 8 rings (SSSR count). The Kier molecular flexibility index (Phi) is 9.28.